The molecule has 1 aromatic heterocycles. The van der Waals surface area contributed by atoms with E-state index < -0.39 is 32.1 Å². The number of aromatic nitrogens is 1. The number of anilines is 1. The summed E-state index contributed by atoms with van der Waals surface area (Å²) in [5.41, 5.74) is 1.10. The molecule has 0 saturated carbocycles. The topological polar surface area (TPSA) is 137 Å². The maximum Gasteiger partial charge on any atom is 0.321 e. The summed E-state index contributed by atoms with van der Waals surface area (Å²) in [5, 5.41) is 9.02. The average Bonchev–Trinajstić information content (AvgIpc) is 2.97. The molecule has 2 N–H and O–H groups in total. The Bertz CT molecular complexity index is 1510. The van der Waals surface area contributed by atoms with Gasteiger partial charge in [0, 0.05) is 32.4 Å². The maximum absolute atomic E-state index is 13.2. The van der Waals surface area contributed by atoms with Crippen molar-refractivity contribution in [3.63, 3.8) is 0 Å². The summed E-state index contributed by atoms with van der Waals surface area (Å²) in [4.78, 5) is 17.9. The Balaban J connectivity index is 1.20. The van der Waals surface area contributed by atoms with Crippen molar-refractivity contribution in [2.45, 2.75) is 93.9 Å². The van der Waals surface area contributed by atoms with E-state index in [0.29, 0.717) is 40.1 Å². The Morgan fingerprint density at radius 2 is 1.52 bits per heavy atom. The molecule has 2 aliphatic heterocycles. The van der Waals surface area contributed by atoms with Crippen molar-refractivity contribution in [1.82, 2.24) is 14.0 Å². The molecule has 3 heterocycles. The second-order valence-electron chi connectivity index (χ2n) is 13.1. The third-order valence-electron chi connectivity index (χ3n) is 8.88. The molecule has 44 heavy (non-hydrogen) atoms. The lowest BCUT2D eigenvalue weighted by atomic mass is 9.87. The molecule has 1 aromatic carbocycles. The normalized spacial score (nSPS) is 18.8. The largest absolute Gasteiger partial charge is 0.480 e. The summed E-state index contributed by atoms with van der Waals surface area (Å²) in [6.07, 6.45) is 8.50. The second-order valence-corrected chi connectivity index (χ2v) is 17.6. The van der Waals surface area contributed by atoms with Gasteiger partial charge in [0.2, 0.25) is 20.0 Å². The quantitative estimate of drug-likeness (QED) is 0.317. The number of carboxylic acid groups (broad SMARTS) is 1. The number of nitrogens with one attached hydrogen (secondary N) is 1. The number of pyridine rings is 1. The zero-order chi connectivity index (χ0) is 32.3. The molecule has 13 heteroatoms. The van der Waals surface area contributed by atoms with Crippen LogP contribution >= 0.6 is 15.9 Å². The molecule has 2 aromatic rings. The van der Waals surface area contributed by atoms with E-state index in [1.165, 1.54) is 19.2 Å². The Morgan fingerprint density at radius 3 is 2.02 bits per heavy atom. The van der Waals surface area contributed by atoms with Crippen molar-refractivity contribution < 1.29 is 26.7 Å². The number of rotatable bonds is 11. The van der Waals surface area contributed by atoms with Crippen molar-refractivity contribution in [2.24, 2.45) is 11.8 Å². The third kappa shape index (κ3) is 8.60. The number of benzene rings is 1. The van der Waals surface area contributed by atoms with Gasteiger partial charge < -0.3 is 10.0 Å². The van der Waals surface area contributed by atoms with Gasteiger partial charge in [-0.15, -0.1) is 0 Å². The van der Waals surface area contributed by atoms with Gasteiger partial charge in [-0.25, -0.2) is 21.8 Å². The van der Waals surface area contributed by atoms with E-state index in [1.54, 1.807) is 16.4 Å². The predicted molar refractivity (Wildman–Crippen MR) is 175 cm³/mol. The highest BCUT2D eigenvalue weighted by molar-refractivity contribution is 9.10. The van der Waals surface area contributed by atoms with Crippen LogP contribution in [-0.2, 0) is 30.3 Å². The fourth-order valence-electron chi connectivity index (χ4n) is 5.99. The molecule has 0 spiro atoms. The van der Waals surface area contributed by atoms with E-state index in [1.807, 2.05) is 12.1 Å². The van der Waals surface area contributed by atoms with Crippen molar-refractivity contribution in [3.05, 3.63) is 46.6 Å². The van der Waals surface area contributed by atoms with Gasteiger partial charge in [-0.3, -0.25) is 4.79 Å². The molecule has 2 fully saturated rings. The summed E-state index contributed by atoms with van der Waals surface area (Å²) in [5.74, 6) is 0.589. The Morgan fingerprint density at radius 1 is 0.977 bits per heavy atom. The van der Waals surface area contributed by atoms with Gasteiger partial charge in [0.15, 0.2) is 0 Å². The van der Waals surface area contributed by atoms with E-state index >= 15 is 0 Å². The number of sulfonamides is 2. The molecule has 2 saturated heterocycles. The van der Waals surface area contributed by atoms with Crippen LogP contribution < -0.4 is 9.62 Å². The molecule has 10 nitrogen and oxygen atoms in total. The number of aliphatic carboxylic acids is 1. The monoisotopic (exact) mass is 712 g/mol. The number of halogens is 1. The highest BCUT2D eigenvalue weighted by Crippen LogP contribution is 2.33. The Hall–Kier alpha value is -2.06. The number of hydrogen-bond acceptors (Lipinski definition) is 7. The number of carboxylic acids is 1. The highest BCUT2D eigenvalue weighted by atomic mass is 79.9. The molecule has 0 aliphatic carbocycles. The van der Waals surface area contributed by atoms with Crippen LogP contribution in [0, 0.1) is 11.8 Å². The van der Waals surface area contributed by atoms with Gasteiger partial charge in [-0.1, -0.05) is 52.2 Å². The maximum atomic E-state index is 13.2. The van der Waals surface area contributed by atoms with Gasteiger partial charge in [-0.05, 0) is 89.6 Å². The van der Waals surface area contributed by atoms with Crippen molar-refractivity contribution >= 4 is 47.8 Å². The standard InChI is InChI=1S/C31H45BrN4O6S2/c1-22(30(37)38)34-43(39,40)27-20-28(32)29(33-21-27)35-16-12-23(13-17-35)6-5-7-24-14-18-36(19-15-24)44(41,42)26-10-8-25(9-11-26)31(2,3)4/h8-11,20-24,34H,5-7,12-19H2,1-4H3,(H,37,38). The molecule has 0 amide bonds. The molecule has 244 valence electrons. The lowest BCUT2D eigenvalue weighted by Gasteiger charge is -2.34. The first-order chi connectivity index (χ1) is 20.6. The van der Waals surface area contributed by atoms with Gasteiger partial charge in [-0.2, -0.15) is 9.03 Å². The molecule has 0 radical (unpaired) electrons. The summed E-state index contributed by atoms with van der Waals surface area (Å²) in [6, 6.07) is 7.54. The minimum Gasteiger partial charge on any atom is -0.480 e. The van der Waals surface area contributed by atoms with E-state index in [-0.39, 0.29) is 10.3 Å². The smallest absolute Gasteiger partial charge is 0.321 e. The van der Waals surface area contributed by atoms with E-state index in [2.05, 4.69) is 51.3 Å². The van der Waals surface area contributed by atoms with Gasteiger partial charge in [0.05, 0.1) is 9.37 Å². The summed E-state index contributed by atoms with van der Waals surface area (Å²) >= 11 is 3.46. The molecule has 0 bridgehead atoms. The van der Waals surface area contributed by atoms with E-state index in [0.717, 1.165) is 63.6 Å². The van der Waals surface area contributed by atoms with Crippen LogP contribution in [0.15, 0.2) is 50.8 Å². The van der Waals surface area contributed by atoms with Crippen molar-refractivity contribution in [3.8, 4) is 0 Å². The first kappa shape index (κ1) is 34.8. The predicted octanol–water partition coefficient (Wildman–Crippen LogP) is 5.38. The zero-order valence-corrected chi connectivity index (χ0v) is 29.2. The van der Waals surface area contributed by atoms with Crippen LogP contribution in [0.1, 0.15) is 78.2 Å². The number of piperidine rings is 2. The minimum atomic E-state index is -4.01. The number of nitrogens with zero attached hydrogens (tertiary/aromatic N) is 3. The SMILES string of the molecule is CC(NS(=O)(=O)c1cnc(N2CCC(CCCC3CCN(S(=O)(=O)c4ccc(C(C)(C)C)cc4)CC3)CC2)c(Br)c1)C(=O)O. The van der Waals surface area contributed by atoms with Crippen LogP contribution in [0.5, 0.6) is 0 Å². The Kier molecular flexibility index (Phi) is 11.2. The first-order valence-corrected chi connectivity index (χ1v) is 19.1. The van der Waals surface area contributed by atoms with Crippen molar-refractivity contribution in [1.29, 1.82) is 0 Å². The minimum absolute atomic E-state index is 0.0185. The van der Waals surface area contributed by atoms with Crippen LogP contribution in [-0.4, -0.2) is 69.4 Å². The first-order valence-electron chi connectivity index (χ1n) is 15.3. The summed E-state index contributed by atoms with van der Waals surface area (Å²) in [7, 11) is -7.48. The molecular weight excluding hydrogens is 668 g/mol. The third-order valence-corrected chi connectivity index (χ3v) is 12.9. The highest BCUT2D eigenvalue weighted by Gasteiger charge is 2.30. The molecule has 1 atom stereocenters. The van der Waals surface area contributed by atoms with Gasteiger partial charge in [0.1, 0.15) is 16.8 Å². The van der Waals surface area contributed by atoms with E-state index in [9.17, 15) is 21.6 Å². The molecule has 4 rings (SSSR count). The Labute approximate surface area is 270 Å². The van der Waals surface area contributed by atoms with Crippen LogP contribution in [0.2, 0.25) is 0 Å². The summed E-state index contributed by atoms with van der Waals surface area (Å²) < 4.78 is 55.8. The van der Waals surface area contributed by atoms with Gasteiger partial charge in [0.25, 0.3) is 0 Å². The average molecular weight is 714 g/mol. The van der Waals surface area contributed by atoms with E-state index in [4.69, 9.17) is 5.11 Å². The summed E-state index contributed by atoms with van der Waals surface area (Å²) in [6.45, 7) is 10.4. The molecule has 1 unspecified atom stereocenters. The zero-order valence-electron chi connectivity index (χ0n) is 26.0. The van der Waals surface area contributed by atoms with Crippen molar-refractivity contribution in [2.75, 3.05) is 31.1 Å². The number of hydrogen-bond donors (Lipinski definition) is 2. The second kappa shape index (κ2) is 14.1. The van der Waals surface area contributed by atoms with Gasteiger partial charge >= 0.3 is 5.97 Å². The number of carbonyl (C=O) groups is 1. The lowest BCUT2D eigenvalue weighted by Crippen LogP contribution is -2.38. The fourth-order valence-corrected chi connectivity index (χ4v) is 9.37. The van der Waals surface area contributed by atoms with Crippen LogP contribution in [0.3, 0.4) is 0 Å². The van der Waals surface area contributed by atoms with Crippen LogP contribution in [0.4, 0.5) is 5.82 Å². The van der Waals surface area contributed by atoms with Crippen LogP contribution in [0.25, 0.3) is 0 Å². The molecule has 2 aliphatic rings. The fraction of sp³-hybridized carbons (Fsp3) is 0.613. The molecular formula is C31H45BrN4O6S2. The lowest BCUT2D eigenvalue weighted by molar-refractivity contribution is -0.138.